The van der Waals surface area contributed by atoms with E-state index >= 15 is 0 Å². The molecule has 2 rings (SSSR count). The van der Waals surface area contributed by atoms with Gasteiger partial charge in [0.15, 0.2) is 0 Å². The van der Waals surface area contributed by atoms with Crippen LogP contribution >= 0.6 is 12.9 Å². The van der Waals surface area contributed by atoms with Gasteiger partial charge in [-0.05, 0) is 19.8 Å². The summed E-state index contributed by atoms with van der Waals surface area (Å²) in [5, 5.41) is 1.37. The Morgan fingerprint density at radius 2 is 2.33 bits per heavy atom. The molecule has 2 atom stereocenters. The fourth-order valence-corrected chi connectivity index (χ4v) is 2.13. The van der Waals surface area contributed by atoms with Gasteiger partial charge in [0.1, 0.15) is 0 Å². The first-order chi connectivity index (χ1) is 5.74. The van der Waals surface area contributed by atoms with Crippen LogP contribution in [0, 0.1) is 0 Å². The van der Waals surface area contributed by atoms with Gasteiger partial charge in [-0.2, -0.15) is 5.06 Å². The summed E-state index contributed by atoms with van der Waals surface area (Å²) in [6.07, 6.45) is 2.08. The van der Waals surface area contributed by atoms with Crippen molar-refractivity contribution in [1.82, 2.24) is 9.96 Å². The number of hydroxylamine groups is 2. The summed E-state index contributed by atoms with van der Waals surface area (Å²) in [5.74, 6) is 0. The van der Waals surface area contributed by atoms with Crippen molar-refractivity contribution in [3.05, 3.63) is 0 Å². The van der Waals surface area contributed by atoms with Gasteiger partial charge in [-0.25, -0.2) is 9.08 Å². The van der Waals surface area contributed by atoms with Gasteiger partial charge in [-0.1, -0.05) is 0 Å². The number of nitrogens with zero attached hydrogens (tertiary/aromatic N) is 2. The maximum absolute atomic E-state index is 11.5. The molecule has 2 bridgehead atoms. The van der Waals surface area contributed by atoms with Gasteiger partial charge in [0, 0.05) is 25.5 Å². The smallest absolute Gasteiger partial charge is 0.318 e. The second kappa shape index (κ2) is 2.81. The molecule has 0 aromatic heterocycles. The summed E-state index contributed by atoms with van der Waals surface area (Å²) in [6.45, 7) is 2.86. The highest BCUT2D eigenvalue weighted by Gasteiger charge is 2.43. The van der Waals surface area contributed by atoms with Crippen LogP contribution in [-0.4, -0.2) is 34.6 Å². The zero-order valence-corrected chi connectivity index (χ0v) is 7.83. The van der Waals surface area contributed by atoms with E-state index in [1.807, 2.05) is 4.90 Å². The summed E-state index contributed by atoms with van der Waals surface area (Å²) in [5.41, 5.74) is 0. The lowest BCUT2D eigenvalue weighted by atomic mass is 10.0. The van der Waals surface area contributed by atoms with Crippen molar-refractivity contribution < 1.29 is 9.08 Å². The van der Waals surface area contributed by atoms with Crippen molar-refractivity contribution >= 4 is 18.9 Å². The highest BCUT2D eigenvalue weighted by Crippen LogP contribution is 2.29. The summed E-state index contributed by atoms with van der Waals surface area (Å²) >= 11 is 3.66. The van der Waals surface area contributed by atoms with E-state index in [1.165, 1.54) is 5.06 Å². The molecule has 0 spiro atoms. The van der Waals surface area contributed by atoms with Crippen LogP contribution in [0.25, 0.3) is 0 Å². The maximum atomic E-state index is 11.5. The van der Waals surface area contributed by atoms with Crippen molar-refractivity contribution in [1.29, 1.82) is 0 Å². The molecule has 2 saturated heterocycles. The summed E-state index contributed by atoms with van der Waals surface area (Å²) < 4.78 is 4.72. The average molecular weight is 188 g/mol. The summed E-state index contributed by atoms with van der Waals surface area (Å²) in [4.78, 5) is 13.3. The van der Waals surface area contributed by atoms with Crippen LogP contribution in [0.2, 0.25) is 0 Å². The summed E-state index contributed by atoms with van der Waals surface area (Å²) in [6, 6.07) is 0.522. The quantitative estimate of drug-likeness (QED) is 0.493. The van der Waals surface area contributed by atoms with E-state index in [4.69, 9.17) is 4.28 Å². The van der Waals surface area contributed by atoms with Crippen LogP contribution in [0.1, 0.15) is 19.8 Å². The third kappa shape index (κ3) is 0.998. The fourth-order valence-electron chi connectivity index (χ4n) is 1.93. The zero-order valence-electron chi connectivity index (χ0n) is 6.93. The van der Waals surface area contributed by atoms with E-state index in [1.54, 1.807) is 0 Å². The molecule has 0 radical (unpaired) electrons. The third-order valence-electron chi connectivity index (χ3n) is 2.71. The largest absolute Gasteiger partial charge is 0.345 e. The maximum Gasteiger partial charge on any atom is 0.345 e. The highest BCUT2D eigenvalue weighted by atomic mass is 32.1. The Kier molecular flexibility index (Phi) is 1.92. The Morgan fingerprint density at radius 1 is 1.58 bits per heavy atom. The van der Waals surface area contributed by atoms with E-state index in [2.05, 4.69) is 19.8 Å². The molecule has 5 heteroatoms. The van der Waals surface area contributed by atoms with Crippen molar-refractivity contribution in [3.8, 4) is 0 Å². The van der Waals surface area contributed by atoms with Crippen LogP contribution < -0.4 is 0 Å². The number of thiol groups is 1. The Bertz CT molecular complexity index is 208. The van der Waals surface area contributed by atoms with Gasteiger partial charge in [0.05, 0.1) is 6.04 Å². The molecule has 4 nitrogen and oxygen atoms in total. The number of rotatable bonds is 1. The lowest BCUT2D eigenvalue weighted by molar-refractivity contribution is -0.00403. The molecule has 2 aliphatic rings. The number of carbonyl (C=O) groups excluding carboxylic acids is 1. The molecule has 2 amide bonds. The molecule has 0 aliphatic carbocycles. The number of amides is 2. The molecular weight excluding hydrogens is 176 g/mol. The van der Waals surface area contributed by atoms with Crippen LogP contribution in [0.5, 0.6) is 0 Å². The number of piperidine rings is 1. The van der Waals surface area contributed by atoms with Crippen molar-refractivity contribution in [2.24, 2.45) is 0 Å². The van der Waals surface area contributed by atoms with Gasteiger partial charge in [-0.3, -0.25) is 0 Å². The second-order valence-corrected chi connectivity index (χ2v) is 3.59. The first-order valence-electron chi connectivity index (χ1n) is 4.15. The first-order valence-corrected chi connectivity index (χ1v) is 4.52. The van der Waals surface area contributed by atoms with E-state index in [-0.39, 0.29) is 12.1 Å². The molecular formula is C7H12N2O2S. The fraction of sp³-hybridized carbons (Fsp3) is 0.857. The minimum absolute atomic E-state index is 0.0417. The number of hydrogen-bond acceptors (Lipinski definition) is 3. The Balaban J connectivity index is 2.19. The topological polar surface area (TPSA) is 32.8 Å². The lowest BCUT2D eigenvalue weighted by Crippen LogP contribution is -2.37. The Labute approximate surface area is 77.0 Å². The van der Waals surface area contributed by atoms with E-state index in [0.717, 1.165) is 19.4 Å². The molecule has 1 unspecified atom stereocenters. The lowest BCUT2D eigenvalue weighted by Gasteiger charge is -2.26. The molecule has 2 fully saturated rings. The van der Waals surface area contributed by atoms with E-state index in [0.29, 0.717) is 6.04 Å². The Hall–Kier alpha value is -0.420. The number of hydrogen-bond donors (Lipinski definition) is 1. The van der Waals surface area contributed by atoms with Gasteiger partial charge in [0.25, 0.3) is 0 Å². The van der Waals surface area contributed by atoms with Gasteiger partial charge >= 0.3 is 6.03 Å². The van der Waals surface area contributed by atoms with Crippen LogP contribution in [0.4, 0.5) is 4.79 Å². The molecule has 68 valence electrons. The van der Waals surface area contributed by atoms with Gasteiger partial charge in [-0.15, -0.1) is 0 Å². The predicted octanol–water partition coefficient (Wildman–Crippen LogP) is 1.05. The molecule has 12 heavy (non-hydrogen) atoms. The SMILES string of the molecule is CC1CC[C@H]2CN1C(=O)N2OS. The predicted molar refractivity (Wildman–Crippen MR) is 46.5 cm³/mol. The van der Waals surface area contributed by atoms with Crippen molar-refractivity contribution in [2.45, 2.75) is 31.8 Å². The van der Waals surface area contributed by atoms with Crippen LogP contribution in [0.3, 0.4) is 0 Å². The number of urea groups is 1. The summed E-state index contributed by atoms with van der Waals surface area (Å²) in [7, 11) is 0. The third-order valence-corrected chi connectivity index (χ3v) is 2.89. The van der Waals surface area contributed by atoms with E-state index < -0.39 is 0 Å². The second-order valence-electron chi connectivity index (χ2n) is 3.42. The number of carbonyl (C=O) groups is 1. The molecule has 0 aromatic rings. The number of fused-ring (bicyclic) bond motifs is 2. The molecule has 0 aromatic carbocycles. The molecule has 0 saturated carbocycles. The normalized spacial score (nSPS) is 34.7. The molecule has 0 N–H and O–H groups in total. The zero-order chi connectivity index (χ0) is 8.72. The monoisotopic (exact) mass is 188 g/mol. The molecule has 2 heterocycles. The highest BCUT2D eigenvalue weighted by molar-refractivity contribution is 7.75. The van der Waals surface area contributed by atoms with E-state index in [9.17, 15) is 4.79 Å². The minimum atomic E-state index is -0.0417. The molecule has 2 aliphatic heterocycles. The van der Waals surface area contributed by atoms with Gasteiger partial charge < -0.3 is 4.90 Å². The van der Waals surface area contributed by atoms with Gasteiger partial charge in [0.2, 0.25) is 0 Å². The van der Waals surface area contributed by atoms with Crippen molar-refractivity contribution in [3.63, 3.8) is 0 Å². The minimum Gasteiger partial charge on any atom is -0.318 e. The standard InChI is InChI=1S/C7H12N2O2S/c1-5-2-3-6-4-8(5)7(10)9(6)11-12/h5-6,12H,2-4H2,1H3/t5?,6-/m0/s1. The average Bonchev–Trinajstić information content (AvgIpc) is 2.33. The van der Waals surface area contributed by atoms with Crippen LogP contribution in [0.15, 0.2) is 0 Å². The van der Waals surface area contributed by atoms with Crippen LogP contribution in [-0.2, 0) is 4.28 Å². The first kappa shape index (κ1) is 8.19. The Morgan fingerprint density at radius 3 is 2.92 bits per heavy atom. The van der Waals surface area contributed by atoms with Crippen molar-refractivity contribution in [2.75, 3.05) is 6.54 Å².